The second kappa shape index (κ2) is 67.7. The van der Waals surface area contributed by atoms with Crippen molar-refractivity contribution in [2.75, 3.05) is 0 Å². The van der Waals surface area contributed by atoms with Gasteiger partial charge in [-0.3, -0.25) is 0 Å². The predicted molar refractivity (Wildman–Crippen MR) is 174 cm³/mol. The third-order valence-electron chi connectivity index (χ3n) is 4.40. The second-order valence-electron chi connectivity index (χ2n) is 6.71. The molecule has 13 heteroatoms. The van der Waals surface area contributed by atoms with E-state index in [1.54, 1.807) is 0 Å². The minimum absolute atomic E-state index is 0. The van der Waals surface area contributed by atoms with E-state index in [0.717, 1.165) is 0 Å². The molecule has 0 amide bonds. The Hall–Kier alpha value is -3.43. The first-order valence-electron chi connectivity index (χ1n) is 11.9. The molecule has 0 spiro atoms. The van der Waals surface area contributed by atoms with Crippen LogP contribution in [0.25, 0.3) is 0 Å². The maximum absolute atomic E-state index is 7.50. The van der Waals surface area contributed by atoms with Crippen molar-refractivity contribution < 1.29 is 88.4 Å². The van der Waals surface area contributed by atoms with Gasteiger partial charge in [-0.05, 0) is 29.1 Å². The van der Waals surface area contributed by atoms with Crippen LogP contribution in [0.4, 0.5) is 0 Å². The van der Waals surface area contributed by atoms with Gasteiger partial charge in [-0.1, -0.05) is 121 Å². The third-order valence-corrected chi connectivity index (χ3v) is 7.23. The van der Waals surface area contributed by atoms with Gasteiger partial charge in [-0.25, -0.2) is 12.1 Å². The van der Waals surface area contributed by atoms with Gasteiger partial charge in [0.25, 0.3) is 0 Å². The van der Waals surface area contributed by atoms with Crippen LogP contribution in [0.5, 0.6) is 0 Å². The van der Waals surface area contributed by atoms with Gasteiger partial charge in [0.2, 0.25) is 0 Å². The Kier molecular flexibility index (Phi) is 92.7. The summed E-state index contributed by atoms with van der Waals surface area (Å²) in [6, 6.07) is 52.5. The van der Waals surface area contributed by atoms with Crippen LogP contribution in [0, 0.1) is 53.2 Å². The van der Waals surface area contributed by atoms with E-state index in [2.05, 4.69) is 153 Å². The minimum atomic E-state index is -0.446. The van der Waals surface area contributed by atoms with Gasteiger partial charge in [0, 0.05) is 51.2 Å². The Morgan fingerprint density at radius 1 is 0.360 bits per heavy atom. The van der Waals surface area contributed by atoms with E-state index in [1.165, 1.54) is 21.2 Å². The molecule has 0 aliphatic rings. The quantitative estimate of drug-likeness (QED) is 0.0943. The zero-order valence-corrected chi connectivity index (χ0v) is 31.2. The van der Waals surface area contributed by atoms with Crippen molar-refractivity contribution in [3.05, 3.63) is 205 Å². The first-order valence-corrected chi connectivity index (χ1v) is 13.8. The molecule has 257 valence electrons. The smallest absolute Gasteiger partial charge is 0 e. The van der Waals surface area contributed by atoms with Gasteiger partial charge in [0.1, 0.15) is 0 Å². The maximum Gasteiger partial charge on any atom is 0 e. The van der Waals surface area contributed by atoms with Crippen molar-refractivity contribution in [3.63, 3.8) is 0 Å². The van der Waals surface area contributed by atoms with Crippen molar-refractivity contribution in [2.24, 2.45) is 0 Å². The molecule has 50 heavy (non-hydrogen) atoms. The SMILES string of the molecule is Pc1ccccc1.[C-]#[O+].[C-]#[O+].[C-]#[O+].[C-]#[O+].[C-]#[O+].[C-]#[O+].[C-]#[O+].[C-]#[O+].[Fe].[Fe].[Mn].c1cc[cH-]c1.c1ccc(P(c2ccccc2)c2ccccc2)cc1. The summed E-state index contributed by atoms with van der Waals surface area (Å²) in [5.41, 5.74) is 0. The van der Waals surface area contributed by atoms with Gasteiger partial charge < -0.3 is 0 Å². The number of rotatable bonds is 3. The summed E-state index contributed by atoms with van der Waals surface area (Å²) in [5.74, 6) is 0. The average molecular weight is 828 g/mol. The van der Waals surface area contributed by atoms with E-state index < -0.39 is 7.92 Å². The van der Waals surface area contributed by atoms with Gasteiger partial charge >= 0.3 is 90.4 Å². The Morgan fingerprint density at radius 3 is 0.700 bits per heavy atom. The van der Waals surface area contributed by atoms with Crippen molar-refractivity contribution in [1.29, 1.82) is 0 Å². The Morgan fingerprint density at radius 2 is 0.560 bits per heavy atom. The van der Waals surface area contributed by atoms with Gasteiger partial charge in [0.15, 0.2) is 0 Å². The number of hydrogen-bond donors (Lipinski definition) is 0. The molecule has 5 aromatic carbocycles. The molecule has 1 radical (unpaired) electrons. The fourth-order valence-electron chi connectivity index (χ4n) is 2.95. The molecule has 0 aliphatic carbocycles. The van der Waals surface area contributed by atoms with Crippen LogP contribution < -0.4 is 21.2 Å². The Balaban J connectivity index is -0.0000000655. The van der Waals surface area contributed by atoms with E-state index in [1.807, 2.05) is 60.7 Å². The molecule has 0 aliphatic heterocycles. The Labute approximate surface area is 329 Å². The Bertz CT molecular complexity index is 1280. The first-order chi connectivity index (χ1) is 23.3. The first kappa shape index (κ1) is 68.5. The summed E-state index contributed by atoms with van der Waals surface area (Å²) in [6.07, 6.45) is 0. The summed E-state index contributed by atoms with van der Waals surface area (Å²) in [4.78, 5) is 0. The average Bonchev–Trinajstić information content (AvgIpc) is 3.81. The minimum Gasteiger partial charge on any atom is -0.214 e. The molecule has 0 fully saturated rings. The topological polar surface area (TPSA) is 159 Å². The van der Waals surface area contributed by atoms with Gasteiger partial charge in [-0.2, -0.15) is 18.2 Å². The van der Waals surface area contributed by atoms with Gasteiger partial charge in [-0.15, -0.1) is 9.24 Å². The van der Waals surface area contributed by atoms with Crippen molar-refractivity contribution in [2.45, 2.75) is 0 Å². The number of hydrogen-bond acceptors (Lipinski definition) is 0. The zero-order valence-electron chi connectivity index (χ0n) is 25.8. The second-order valence-corrected chi connectivity index (χ2v) is 9.60. The van der Waals surface area contributed by atoms with Crippen molar-refractivity contribution >= 4 is 38.4 Å². The van der Waals surface area contributed by atoms with Crippen LogP contribution in [-0.2, 0) is 88.4 Å². The normalized spacial score (nSPS) is 6.36. The van der Waals surface area contributed by atoms with E-state index in [-0.39, 0.29) is 51.2 Å². The molecule has 1 atom stereocenters. The maximum atomic E-state index is 7.50. The molecule has 0 N–H and O–H groups in total. The van der Waals surface area contributed by atoms with Crippen LogP contribution in [0.1, 0.15) is 0 Å². The molecule has 0 aromatic heterocycles. The van der Waals surface area contributed by atoms with E-state index in [0.29, 0.717) is 0 Å². The standard InChI is InChI=1S/C18H15P.C6H7P.C5H5.8CO.2Fe.Mn/c1-4-10-16(11-5-1)19(17-12-6-2-7-13-17)18-14-8-3-9-15-18;7-6-4-2-1-3-5-6;1-2-4-5-3-1;8*1-2;;;/h1-15H;1-5H,7H2;1-5H;;;;;;;;;;;/q;;-1;;;;;;;;;;;. The fraction of sp³-hybridized carbons (Fsp3) is 0. The molecule has 0 saturated carbocycles. The molecule has 5 aromatic rings. The van der Waals surface area contributed by atoms with Crippen molar-refractivity contribution in [3.8, 4) is 0 Å². The van der Waals surface area contributed by atoms with Crippen LogP contribution >= 0.6 is 17.2 Å². The van der Waals surface area contributed by atoms with E-state index in [9.17, 15) is 0 Å². The van der Waals surface area contributed by atoms with Gasteiger partial charge in [0.05, 0.1) is 0 Å². The van der Waals surface area contributed by atoms with Crippen LogP contribution in [-0.4, -0.2) is 0 Å². The molecule has 8 nitrogen and oxygen atoms in total. The fourth-order valence-corrected chi connectivity index (χ4v) is 5.48. The number of benzene rings is 4. The molecular weight excluding hydrogens is 801 g/mol. The molecule has 0 saturated heterocycles. The summed E-state index contributed by atoms with van der Waals surface area (Å²) in [6.45, 7) is 36.0. The van der Waals surface area contributed by atoms with Crippen LogP contribution in [0.15, 0.2) is 152 Å². The van der Waals surface area contributed by atoms with Crippen LogP contribution in [0.2, 0.25) is 0 Å². The third kappa shape index (κ3) is 40.7. The van der Waals surface area contributed by atoms with Crippen LogP contribution in [0.3, 0.4) is 0 Å². The summed E-state index contributed by atoms with van der Waals surface area (Å²) >= 11 is 0. The zero-order chi connectivity index (χ0) is 37.6. The largest absolute Gasteiger partial charge is 0.214 e. The van der Waals surface area contributed by atoms with E-state index >= 15 is 0 Å². The summed E-state index contributed by atoms with van der Waals surface area (Å²) < 4.78 is 60.0. The monoisotopic (exact) mass is 828 g/mol. The van der Waals surface area contributed by atoms with E-state index in [4.69, 9.17) is 37.2 Å². The molecule has 0 heterocycles. The predicted octanol–water partition coefficient (Wildman–Crippen LogP) is 5.73. The summed E-state index contributed by atoms with van der Waals surface area (Å²) in [5, 5.41) is 5.43. The molecule has 1 unspecified atom stereocenters. The molecular formula is C37H27Fe2MnO8P2-. The van der Waals surface area contributed by atoms with Crippen molar-refractivity contribution in [1.82, 2.24) is 0 Å². The molecule has 0 bridgehead atoms. The summed E-state index contributed by atoms with van der Waals surface area (Å²) in [7, 11) is 2.18. The molecule has 5 rings (SSSR count).